The van der Waals surface area contributed by atoms with E-state index in [9.17, 15) is 0 Å². The Hall–Kier alpha value is -0.930. The maximum absolute atomic E-state index is 4.15. The lowest BCUT2D eigenvalue weighted by Gasteiger charge is -2.39. The van der Waals surface area contributed by atoms with Crippen molar-refractivity contribution >= 4 is 0 Å². The fraction of sp³-hybridized carbons (Fsp3) is 0.706. The third-order valence-electron chi connectivity index (χ3n) is 5.07. The Morgan fingerprint density at radius 2 is 1.95 bits per heavy atom. The lowest BCUT2D eigenvalue weighted by atomic mass is 9.82. The fourth-order valence-corrected chi connectivity index (χ4v) is 3.72. The Bertz CT molecular complexity index is 398. The van der Waals surface area contributed by atoms with Crippen LogP contribution >= 0.6 is 0 Å². The summed E-state index contributed by atoms with van der Waals surface area (Å²) < 4.78 is 0. The number of nitrogens with zero attached hydrogens (tertiary/aromatic N) is 2. The second-order valence-corrected chi connectivity index (χ2v) is 6.62. The summed E-state index contributed by atoms with van der Waals surface area (Å²) in [6, 6.07) is 4.88. The van der Waals surface area contributed by atoms with E-state index in [-0.39, 0.29) is 0 Å². The number of hydrogen-bond acceptors (Lipinski definition) is 3. The molecule has 1 aliphatic carbocycles. The quantitative estimate of drug-likeness (QED) is 0.918. The Balaban J connectivity index is 1.64. The SMILES string of the molecule is CC1CCC(CN2CCNCC2c2ccncc2)CC1. The van der Waals surface area contributed by atoms with Crippen LogP contribution in [0, 0.1) is 11.8 Å². The first-order valence-electron chi connectivity index (χ1n) is 8.17. The highest BCUT2D eigenvalue weighted by Gasteiger charge is 2.27. The minimum atomic E-state index is 0.533. The zero-order valence-electron chi connectivity index (χ0n) is 12.6. The Morgan fingerprint density at radius 3 is 2.70 bits per heavy atom. The molecule has 20 heavy (non-hydrogen) atoms. The van der Waals surface area contributed by atoms with Crippen molar-refractivity contribution in [3.05, 3.63) is 30.1 Å². The molecule has 1 N–H and O–H groups in total. The second-order valence-electron chi connectivity index (χ2n) is 6.62. The summed E-state index contributed by atoms with van der Waals surface area (Å²) in [6.45, 7) is 7.07. The van der Waals surface area contributed by atoms with Crippen LogP contribution in [0.4, 0.5) is 0 Å². The molecule has 1 saturated carbocycles. The van der Waals surface area contributed by atoms with Crippen molar-refractivity contribution in [2.45, 2.75) is 38.6 Å². The van der Waals surface area contributed by atoms with Gasteiger partial charge in [0.05, 0.1) is 0 Å². The molecule has 3 nitrogen and oxygen atoms in total. The molecule has 0 bridgehead atoms. The molecule has 1 aliphatic heterocycles. The Morgan fingerprint density at radius 1 is 1.20 bits per heavy atom. The van der Waals surface area contributed by atoms with E-state index in [1.807, 2.05) is 12.4 Å². The first kappa shape index (κ1) is 14.0. The molecule has 1 aromatic heterocycles. The monoisotopic (exact) mass is 273 g/mol. The van der Waals surface area contributed by atoms with E-state index in [1.165, 1.54) is 44.3 Å². The van der Waals surface area contributed by atoms with Crippen molar-refractivity contribution in [1.29, 1.82) is 0 Å². The van der Waals surface area contributed by atoms with Crippen LogP contribution in [0.1, 0.15) is 44.2 Å². The first-order chi connectivity index (χ1) is 9.83. The zero-order chi connectivity index (χ0) is 13.8. The summed E-state index contributed by atoms with van der Waals surface area (Å²) >= 11 is 0. The largest absolute Gasteiger partial charge is 0.314 e. The molecule has 0 aromatic carbocycles. The van der Waals surface area contributed by atoms with Gasteiger partial charge in [0.2, 0.25) is 0 Å². The minimum absolute atomic E-state index is 0.533. The summed E-state index contributed by atoms with van der Waals surface area (Å²) in [6.07, 6.45) is 9.55. The normalized spacial score (nSPS) is 32.1. The van der Waals surface area contributed by atoms with Crippen LogP contribution in [-0.4, -0.2) is 36.1 Å². The van der Waals surface area contributed by atoms with E-state index in [0.29, 0.717) is 6.04 Å². The van der Waals surface area contributed by atoms with E-state index in [4.69, 9.17) is 0 Å². The molecule has 1 saturated heterocycles. The van der Waals surface area contributed by atoms with E-state index >= 15 is 0 Å². The average Bonchev–Trinajstić information content (AvgIpc) is 2.51. The Kier molecular flexibility index (Phi) is 4.69. The lowest BCUT2D eigenvalue weighted by molar-refractivity contribution is 0.117. The number of nitrogens with one attached hydrogen (secondary N) is 1. The lowest BCUT2D eigenvalue weighted by Crippen LogP contribution is -2.47. The molecule has 1 atom stereocenters. The van der Waals surface area contributed by atoms with Gasteiger partial charge < -0.3 is 5.32 Å². The molecule has 2 fully saturated rings. The highest BCUT2D eigenvalue weighted by atomic mass is 15.2. The molecule has 2 heterocycles. The van der Waals surface area contributed by atoms with Crippen molar-refractivity contribution in [1.82, 2.24) is 15.2 Å². The molecule has 3 rings (SSSR count). The number of hydrogen-bond donors (Lipinski definition) is 1. The summed E-state index contributed by atoms with van der Waals surface area (Å²) in [7, 11) is 0. The average molecular weight is 273 g/mol. The fourth-order valence-electron chi connectivity index (χ4n) is 3.72. The van der Waals surface area contributed by atoms with Gasteiger partial charge in [0.15, 0.2) is 0 Å². The molecule has 3 heteroatoms. The molecule has 110 valence electrons. The number of piperazine rings is 1. The summed E-state index contributed by atoms with van der Waals surface area (Å²) in [5.41, 5.74) is 1.41. The zero-order valence-corrected chi connectivity index (χ0v) is 12.6. The van der Waals surface area contributed by atoms with Gasteiger partial charge in [-0.3, -0.25) is 9.88 Å². The van der Waals surface area contributed by atoms with Crippen LogP contribution in [0.25, 0.3) is 0 Å². The van der Waals surface area contributed by atoms with Gasteiger partial charge in [-0.05, 0) is 42.4 Å². The summed E-state index contributed by atoms with van der Waals surface area (Å²) in [4.78, 5) is 6.85. The van der Waals surface area contributed by atoms with Gasteiger partial charge in [-0.25, -0.2) is 0 Å². The molecule has 0 radical (unpaired) electrons. The smallest absolute Gasteiger partial charge is 0.0474 e. The Labute approximate surface area is 122 Å². The van der Waals surface area contributed by atoms with Crippen molar-refractivity contribution < 1.29 is 0 Å². The second kappa shape index (κ2) is 6.68. The van der Waals surface area contributed by atoms with Gasteiger partial charge >= 0.3 is 0 Å². The maximum atomic E-state index is 4.15. The standard InChI is InChI=1S/C17H27N3/c1-14-2-4-15(5-3-14)13-20-11-10-19-12-17(20)16-6-8-18-9-7-16/h6-9,14-15,17,19H,2-5,10-13H2,1H3. The molecule has 0 amide bonds. The van der Waals surface area contributed by atoms with Gasteiger partial charge in [-0.15, -0.1) is 0 Å². The van der Waals surface area contributed by atoms with Crippen LogP contribution in [0.2, 0.25) is 0 Å². The van der Waals surface area contributed by atoms with Crippen molar-refractivity contribution in [2.24, 2.45) is 11.8 Å². The van der Waals surface area contributed by atoms with E-state index in [1.54, 1.807) is 0 Å². The molecular formula is C17H27N3. The van der Waals surface area contributed by atoms with Crippen molar-refractivity contribution in [2.75, 3.05) is 26.2 Å². The number of aromatic nitrogens is 1. The van der Waals surface area contributed by atoms with Gasteiger partial charge in [0.1, 0.15) is 0 Å². The van der Waals surface area contributed by atoms with Gasteiger partial charge in [-0.1, -0.05) is 19.8 Å². The van der Waals surface area contributed by atoms with Gasteiger partial charge in [0, 0.05) is 44.6 Å². The van der Waals surface area contributed by atoms with Crippen LogP contribution in [-0.2, 0) is 0 Å². The van der Waals surface area contributed by atoms with Crippen LogP contribution < -0.4 is 5.32 Å². The molecule has 1 unspecified atom stereocenters. The van der Waals surface area contributed by atoms with Gasteiger partial charge in [-0.2, -0.15) is 0 Å². The van der Waals surface area contributed by atoms with Crippen molar-refractivity contribution in [3.63, 3.8) is 0 Å². The van der Waals surface area contributed by atoms with Crippen LogP contribution in [0.5, 0.6) is 0 Å². The molecular weight excluding hydrogens is 246 g/mol. The van der Waals surface area contributed by atoms with E-state index in [2.05, 4.69) is 34.3 Å². The van der Waals surface area contributed by atoms with Crippen LogP contribution in [0.3, 0.4) is 0 Å². The van der Waals surface area contributed by atoms with Crippen LogP contribution in [0.15, 0.2) is 24.5 Å². The first-order valence-corrected chi connectivity index (χ1v) is 8.17. The highest BCUT2D eigenvalue weighted by Crippen LogP contribution is 2.31. The highest BCUT2D eigenvalue weighted by molar-refractivity contribution is 5.16. The van der Waals surface area contributed by atoms with E-state index < -0.39 is 0 Å². The topological polar surface area (TPSA) is 28.2 Å². The number of rotatable bonds is 3. The predicted molar refractivity (Wildman–Crippen MR) is 82.5 cm³/mol. The predicted octanol–water partition coefficient (Wildman–Crippen LogP) is 2.85. The number of pyridine rings is 1. The minimum Gasteiger partial charge on any atom is -0.314 e. The maximum Gasteiger partial charge on any atom is 0.0474 e. The summed E-state index contributed by atoms with van der Waals surface area (Å²) in [5.74, 6) is 1.86. The van der Waals surface area contributed by atoms with Crippen molar-refractivity contribution in [3.8, 4) is 0 Å². The van der Waals surface area contributed by atoms with E-state index in [0.717, 1.165) is 24.9 Å². The molecule has 0 spiro atoms. The third kappa shape index (κ3) is 3.39. The summed E-state index contributed by atoms with van der Waals surface area (Å²) in [5, 5.41) is 3.55. The third-order valence-corrected chi connectivity index (χ3v) is 5.07. The molecule has 1 aromatic rings. The van der Waals surface area contributed by atoms with Gasteiger partial charge in [0.25, 0.3) is 0 Å². The molecule has 2 aliphatic rings.